The van der Waals surface area contributed by atoms with Crippen LogP contribution in [0.1, 0.15) is 22.5 Å². The monoisotopic (exact) mass is 373 g/mol. The minimum atomic E-state index is -1.10. The third-order valence-corrected chi connectivity index (χ3v) is 3.99. The van der Waals surface area contributed by atoms with Gasteiger partial charge < -0.3 is 10.4 Å². The minimum Gasteiger partial charge on any atom is -0.476 e. The number of amides is 1. The van der Waals surface area contributed by atoms with E-state index >= 15 is 0 Å². The summed E-state index contributed by atoms with van der Waals surface area (Å²) in [5.41, 5.74) is 0.881. The molecule has 0 saturated heterocycles. The molecule has 1 amide bonds. The second-order valence-corrected chi connectivity index (χ2v) is 5.96. The second-order valence-electron chi connectivity index (χ2n) is 5.56. The Hall–Kier alpha value is -3.13. The zero-order valence-electron chi connectivity index (χ0n) is 13.7. The SMILES string of the molecule is O=C(CCn1ccc(C(=O)O)n1)Nc1ccn(Cc2ccccc2Cl)n1. The maximum absolute atomic E-state index is 12.0. The predicted octanol–water partition coefficient (Wildman–Crippen LogP) is 2.51. The van der Waals surface area contributed by atoms with Crippen molar-refractivity contribution in [3.63, 3.8) is 0 Å². The highest BCUT2D eigenvalue weighted by Gasteiger charge is 2.09. The second kappa shape index (κ2) is 7.83. The number of aryl methyl sites for hydroxylation is 1. The smallest absolute Gasteiger partial charge is 0.356 e. The number of carboxylic acids is 1. The van der Waals surface area contributed by atoms with Gasteiger partial charge >= 0.3 is 5.97 Å². The normalized spacial score (nSPS) is 10.7. The van der Waals surface area contributed by atoms with Crippen molar-refractivity contribution in [3.8, 4) is 0 Å². The number of halogens is 1. The number of hydrogen-bond acceptors (Lipinski definition) is 4. The molecule has 0 unspecified atom stereocenters. The van der Waals surface area contributed by atoms with Crippen LogP contribution in [-0.2, 0) is 17.9 Å². The lowest BCUT2D eigenvalue weighted by Crippen LogP contribution is -2.15. The number of aromatic nitrogens is 4. The summed E-state index contributed by atoms with van der Waals surface area (Å²) < 4.78 is 3.10. The highest BCUT2D eigenvalue weighted by atomic mass is 35.5. The van der Waals surface area contributed by atoms with Crippen molar-refractivity contribution < 1.29 is 14.7 Å². The first-order chi connectivity index (χ1) is 12.5. The van der Waals surface area contributed by atoms with Crippen molar-refractivity contribution in [2.45, 2.75) is 19.5 Å². The molecule has 0 saturated carbocycles. The fourth-order valence-corrected chi connectivity index (χ4v) is 2.53. The molecule has 2 heterocycles. The van der Waals surface area contributed by atoms with Crippen LogP contribution < -0.4 is 5.32 Å². The molecule has 8 nitrogen and oxygen atoms in total. The number of benzene rings is 1. The van der Waals surface area contributed by atoms with Crippen LogP contribution >= 0.6 is 11.6 Å². The van der Waals surface area contributed by atoms with Crippen molar-refractivity contribution >= 4 is 29.3 Å². The van der Waals surface area contributed by atoms with Crippen molar-refractivity contribution in [1.29, 1.82) is 0 Å². The fraction of sp³-hybridized carbons (Fsp3) is 0.176. The van der Waals surface area contributed by atoms with Crippen molar-refractivity contribution in [2.24, 2.45) is 0 Å². The molecule has 3 rings (SSSR count). The van der Waals surface area contributed by atoms with Gasteiger partial charge in [0.15, 0.2) is 11.5 Å². The van der Waals surface area contributed by atoms with Gasteiger partial charge in [0.1, 0.15) is 0 Å². The molecule has 134 valence electrons. The Bertz CT molecular complexity index is 934. The number of hydrogen-bond donors (Lipinski definition) is 2. The average Bonchev–Trinajstić information content (AvgIpc) is 3.25. The number of nitrogens with zero attached hydrogens (tertiary/aromatic N) is 4. The van der Waals surface area contributed by atoms with Crippen LogP contribution in [0.4, 0.5) is 5.82 Å². The van der Waals surface area contributed by atoms with Crippen LogP contribution in [0, 0.1) is 0 Å². The van der Waals surface area contributed by atoms with Gasteiger partial charge in [0, 0.05) is 36.4 Å². The number of aromatic carboxylic acids is 1. The molecule has 0 spiro atoms. The van der Waals surface area contributed by atoms with Crippen LogP contribution in [-0.4, -0.2) is 36.5 Å². The van der Waals surface area contributed by atoms with Crippen LogP contribution in [0.5, 0.6) is 0 Å². The average molecular weight is 374 g/mol. The van der Waals surface area contributed by atoms with Crippen molar-refractivity contribution in [2.75, 3.05) is 5.32 Å². The lowest BCUT2D eigenvalue weighted by molar-refractivity contribution is -0.116. The Morgan fingerprint density at radius 2 is 1.85 bits per heavy atom. The Kier molecular flexibility index (Phi) is 5.33. The molecule has 0 radical (unpaired) electrons. The quantitative estimate of drug-likeness (QED) is 0.662. The zero-order valence-corrected chi connectivity index (χ0v) is 14.4. The molecule has 0 aliphatic heterocycles. The molecule has 9 heteroatoms. The summed E-state index contributed by atoms with van der Waals surface area (Å²) >= 11 is 6.13. The van der Waals surface area contributed by atoms with Gasteiger partial charge in [0.2, 0.25) is 5.91 Å². The topological polar surface area (TPSA) is 102 Å². The van der Waals surface area contributed by atoms with Gasteiger partial charge in [-0.2, -0.15) is 10.2 Å². The van der Waals surface area contributed by atoms with E-state index in [0.717, 1.165) is 5.56 Å². The van der Waals surface area contributed by atoms with E-state index in [2.05, 4.69) is 15.5 Å². The van der Waals surface area contributed by atoms with E-state index in [9.17, 15) is 9.59 Å². The Labute approximate surface area is 154 Å². The molecule has 2 aromatic heterocycles. The number of carbonyl (C=O) groups is 2. The summed E-state index contributed by atoms with van der Waals surface area (Å²) in [6.45, 7) is 0.778. The third-order valence-electron chi connectivity index (χ3n) is 3.63. The van der Waals surface area contributed by atoms with E-state index in [1.165, 1.54) is 16.9 Å². The summed E-state index contributed by atoms with van der Waals surface area (Å²) in [5, 5.41) is 20.3. The first kappa shape index (κ1) is 17.7. The van der Waals surface area contributed by atoms with Gasteiger partial charge in [-0.1, -0.05) is 29.8 Å². The molecule has 0 fully saturated rings. The van der Waals surface area contributed by atoms with E-state index in [1.54, 1.807) is 16.9 Å². The number of nitrogens with one attached hydrogen (secondary N) is 1. The van der Waals surface area contributed by atoms with E-state index in [1.807, 2.05) is 24.3 Å². The highest BCUT2D eigenvalue weighted by Crippen LogP contribution is 2.16. The molecular formula is C17H16ClN5O3. The molecule has 0 bridgehead atoms. The summed E-state index contributed by atoms with van der Waals surface area (Å²) in [6.07, 6.45) is 3.43. The molecule has 1 aromatic carbocycles. The van der Waals surface area contributed by atoms with Gasteiger partial charge in [-0.3, -0.25) is 14.2 Å². The number of rotatable bonds is 7. The third kappa shape index (κ3) is 4.48. The maximum atomic E-state index is 12.0. The maximum Gasteiger partial charge on any atom is 0.356 e. The van der Waals surface area contributed by atoms with Crippen LogP contribution in [0.2, 0.25) is 5.02 Å². The minimum absolute atomic E-state index is 0.0521. The fourth-order valence-electron chi connectivity index (χ4n) is 2.34. The number of carboxylic acid groups (broad SMARTS) is 1. The number of carbonyl (C=O) groups excluding carboxylic acids is 1. The summed E-state index contributed by atoms with van der Waals surface area (Å²) in [6, 6.07) is 10.6. The van der Waals surface area contributed by atoms with Gasteiger partial charge in [-0.25, -0.2) is 4.79 Å². The lowest BCUT2D eigenvalue weighted by Gasteiger charge is -2.05. The molecule has 3 aromatic rings. The molecule has 26 heavy (non-hydrogen) atoms. The van der Waals surface area contributed by atoms with E-state index < -0.39 is 5.97 Å². The van der Waals surface area contributed by atoms with E-state index in [-0.39, 0.29) is 24.6 Å². The standard InChI is InChI=1S/C17H16ClN5O3/c18-13-4-2-1-3-12(13)11-23-9-6-15(21-23)19-16(24)7-10-22-8-5-14(20-22)17(25)26/h1-6,8-9H,7,10-11H2,(H,25,26)(H,19,21,24). The number of anilines is 1. The highest BCUT2D eigenvalue weighted by molar-refractivity contribution is 6.31. The first-order valence-electron chi connectivity index (χ1n) is 7.85. The van der Waals surface area contributed by atoms with Gasteiger partial charge in [-0.15, -0.1) is 0 Å². The predicted molar refractivity (Wildman–Crippen MR) is 95.2 cm³/mol. The largest absolute Gasteiger partial charge is 0.476 e. The summed E-state index contributed by atoms with van der Waals surface area (Å²) in [7, 11) is 0. The van der Waals surface area contributed by atoms with Crippen LogP contribution in [0.15, 0.2) is 48.8 Å². The van der Waals surface area contributed by atoms with Gasteiger partial charge in [0.05, 0.1) is 6.54 Å². The Morgan fingerprint density at radius 1 is 1.08 bits per heavy atom. The molecule has 0 aliphatic carbocycles. The lowest BCUT2D eigenvalue weighted by atomic mass is 10.2. The van der Waals surface area contributed by atoms with Gasteiger partial charge in [-0.05, 0) is 17.7 Å². The van der Waals surface area contributed by atoms with E-state index in [0.29, 0.717) is 17.4 Å². The van der Waals surface area contributed by atoms with Crippen molar-refractivity contribution in [3.05, 3.63) is 65.1 Å². The molecule has 0 atom stereocenters. The van der Waals surface area contributed by atoms with E-state index in [4.69, 9.17) is 16.7 Å². The summed E-state index contributed by atoms with van der Waals surface area (Å²) in [5.74, 6) is -0.897. The van der Waals surface area contributed by atoms with Crippen LogP contribution in [0.25, 0.3) is 0 Å². The Morgan fingerprint density at radius 3 is 2.58 bits per heavy atom. The Balaban J connectivity index is 1.52. The van der Waals surface area contributed by atoms with Crippen molar-refractivity contribution in [1.82, 2.24) is 19.6 Å². The molecular weight excluding hydrogens is 358 g/mol. The summed E-state index contributed by atoms with van der Waals surface area (Å²) in [4.78, 5) is 22.8. The molecule has 0 aliphatic rings. The van der Waals surface area contributed by atoms with Gasteiger partial charge in [0.25, 0.3) is 0 Å². The first-order valence-corrected chi connectivity index (χ1v) is 8.22. The molecule has 2 N–H and O–H groups in total. The zero-order chi connectivity index (χ0) is 18.5. The van der Waals surface area contributed by atoms with Crippen LogP contribution in [0.3, 0.4) is 0 Å².